The predicted molar refractivity (Wildman–Crippen MR) is 86.9 cm³/mol. The Kier molecular flexibility index (Phi) is 6.77. The van der Waals surface area contributed by atoms with Crippen LogP contribution in [0.15, 0.2) is 24.3 Å². The Labute approximate surface area is 129 Å². The summed E-state index contributed by atoms with van der Waals surface area (Å²) in [6.45, 7) is 3.20. The monoisotopic (exact) mass is 308 g/mol. The lowest BCUT2D eigenvalue weighted by atomic mass is 10.2. The number of nitrogens with zero attached hydrogens (tertiary/aromatic N) is 1. The Morgan fingerprint density at radius 2 is 2.05 bits per heavy atom. The summed E-state index contributed by atoms with van der Waals surface area (Å²) < 4.78 is 0. The Bertz CT molecular complexity index is 533. The van der Waals surface area contributed by atoms with E-state index in [-0.39, 0.29) is 23.9 Å². The van der Waals surface area contributed by atoms with Crippen LogP contribution in [0.25, 0.3) is 0 Å². The lowest BCUT2D eigenvalue weighted by molar-refractivity contribution is -0.120. The molecule has 0 atom stereocenters. The van der Waals surface area contributed by atoms with Crippen molar-refractivity contribution >= 4 is 34.7 Å². The Morgan fingerprint density at radius 1 is 1.33 bits per heavy atom. The molecule has 5 N–H and O–H groups in total. The zero-order valence-electron chi connectivity index (χ0n) is 12.0. The van der Waals surface area contributed by atoms with Gasteiger partial charge in [0.2, 0.25) is 11.8 Å². The van der Waals surface area contributed by atoms with Crippen LogP contribution >= 0.6 is 12.2 Å². The van der Waals surface area contributed by atoms with E-state index in [0.717, 1.165) is 0 Å². The highest BCUT2D eigenvalue weighted by Gasteiger charge is 2.09. The van der Waals surface area contributed by atoms with E-state index in [2.05, 4.69) is 5.32 Å². The number of nitrogens with one attached hydrogen (secondary N) is 1. The summed E-state index contributed by atoms with van der Waals surface area (Å²) in [5.74, 6) is -0.542. The number of primary amides is 1. The number of likely N-dealkylation sites (N-methyl/N-ethyl adjacent to an activating group) is 1. The average Bonchev–Trinajstić information content (AvgIpc) is 2.43. The minimum absolute atomic E-state index is 0.141. The van der Waals surface area contributed by atoms with Gasteiger partial charge in [0.15, 0.2) is 0 Å². The number of amides is 2. The highest BCUT2D eigenvalue weighted by atomic mass is 32.1. The van der Waals surface area contributed by atoms with Gasteiger partial charge in [0.05, 0.1) is 6.54 Å². The van der Waals surface area contributed by atoms with Crippen LogP contribution in [-0.4, -0.2) is 41.3 Å². The SMILES string of the molecule is CCN(CCC(=O)Nc1cccc(C(N)=S)c1)CC(N)=O. The first-order valence-corrected chi connectivity index (χ1v) is 7.03. The van der Waals surface area contributed by atoms with Gasteiger partial charge in [0.25, 0.3) is 0 Å². The van der Waals surface area contributed by atoms with Gasteiger partial charge in [-0.15, -0.1) is 0 Å². The van der Waals surface area contributed by atoms with E-state index in [1.54, 1.807) is 24.3 Å². The van der Waals surface area contributed by atoms with Crippen molar-refractivity contribution in [1.29, 1.82) is 0 Å². The fraction of sp³-hybridized carbons (Fsp3) is 0.357. The van der Waals surface area contributed by atoms with E-state index in [1.165, 1.54) is 0 Å². The van der Waals surface area contributed by atoms with Gasteiger partial charge in [0, 0.05) is 24.2 Å². The number of carbonyl (C=O) groups is 2. The summed E-state index contributed by atoms with van der Waals surface area (Å²) in [6.07, 6.45) is 0.276. The van der Waals surface area contributed by atoms with Gasteiger partial charge in [-0.1, -0.05) is 31.3 Å². The predicted octanol–water partition coefficient (Wildman–Crippen LogP) is 0.457. The third-order valence-electron chi connectivity index (χ3n) is 2.91. The van der Waals surface area contributed by atoms with Crippen LogP contribution < -0.4 is 16.8 Å². The van der Waals surface area contributed by atoms with E-state index >= 15 is 0 Å². The molecule has 0 aliphatic carbocycles. The number of hydrogen-bond acceptors (Lipinski definition) is 4. The first-order valence-electron chi connectivity index (χ1n) is 6.62. The van der Waals surface area contributed by atoms with Gasteiger partial charge < -0.3 is 16.8 Å². The van der Waals surface area contributed by atoms with Gasteiger partial charge in [-0.3, -0.25) is 14.5 Å². The van der Waals surface area contributed by atoms with Crippen molar-refractivity contribution in [2.75, 3.05) is 25.0 Å². The van der Waals surface area contributed by atoms with Crippen LogP contribution in [0, 0.1) is 0 Å². The van der Waals surface area contributed by atoms with Gasteiger partial charge >= 0.3 is 0 Å². The zero-order chi connectivity index (χ0) is 15.8. The third kappa shape index (κ3) is 6.33. The maximum Gasteiger partial charge on any atom is 0.231 e. The normalized spacial score (nSPS) is 10.4. The summed E-state index contributed by atoms with van der Waals surface area (Å²) >= 11 is 4.89. The number of thiocarbonyl (C=S) groups is 1. The Morgan fingerprint density at radius 3 is 2.62 bits per heavy atom. The summed E-state index contributed by atoms with van der Waals surface area (Å²) in [5, 5.41) is 2.77. The molecule has 1 rings (SSSR count). The van der Waals surface area contributed by atoms with Crippen molar-refractivity contribution in [2.45, 2.75) is 13.3 Å². The Hall–Kier alpha value is -1.99. The molecule has 0 heterocycles. The van der Waals surface area contributed by atoms with E-state index in [0.29, 0.717) is 24.3 Å². The summed E-state index contributed by atoms with van der Waals surface area (Å²) in [7, 11) is 0. The molecule has 0 spiro atoms. The molecular weight excluding hydrogens is 288 g/mol. The first-order chi connectivity index (χ1) is 9.92. The van der Waals surface area contributed by atoms with Crippen molar-refractivity contribution in [2.24, 2.45) is 11.5 Å². The van der Waals surface area contributed by atoms with Gasteiger partial charge in [-0.2, -0.15) is 0 Å². The van der Waals surface area contributed by atoms with Crippen LogP contribution in [0.3, 0.4) is 0 Å². The highest BCUT2D eigenvalue weighted by Crippen LogP contribution is 2.11. The second kappa shape index (κ2) is 8.33. The molecule has 1 aromatic rings. The minimum atomic E-state index is -0.401. The number of nitrogens with two attached hydrogens (primary N) is 2. The van der Waals surface area contributed by atoms with Crippen LogP contribution in [0.2, 0.25) is 0 Å². The third-order valence-corrected chi connectivity index (χ3v) is 3.15. The number of rotatable bonds is 8. The molecule has 2 amide bonds. The molecule has 0 aromatic heterocycles. The fourth-order valence-corrected chi connectivity index (χ4v) is 1.93. The van der Waals surface area contributed by atoms with Crippen molar-refractivity contribution in [3.05, 3.63) is 29.8 Å². The Balaban J connectivity index is 2.51. The second-order valence-corrected chi connectivity index (χ2v) is 5.02. The van der Waals surface area contributed by atoms with Gasteiger partial charge in [0.1, 0.15) is 4.99 Å². The van der Waals surface area contributed by atoms with E-state index in [4.69, 9.17) is 23.7 Å². The smallest absolute Gasteiger partial charge is 0.231 e. The number of benzene rings is 1. The summed E-state index contributed by atoms with van der Waals surface area (Å²) in [6, 6.07) is 7.04. The van der Waals surface area contributed by atoms with Gasteiger partial charge in [-0.25, -0.2) is 0 Å². The molecule has 1 aromatic carbocycles. The zero-order valence-corrected chi connectivity index (χ0v) is 12.8. The van der Waals surface area contributed by atoms with Gasteiger partial charge in [-0.05, 0) is 18.7 Å². The van der Waals surface area contributed by atoms with Crippen LogP contribution in [-0.2, 0) is 9.59 Å². The molecule has 0 fully saturated rings. The molecule has 114 valence electrons. The lowest BCUT2D eigenvalue weighted by Crippen LogP contribution is -2.35. The molecule has 0 aliphatic heterocycles. The molecule has 0 bridgehead atoms. The topological polar surface area (TPSA) is 101 Å². The molecule has 7 heteroatoms. The molecule has 0 unspecified atom stereocenters. The first kappa shape index (κ1) is 17.1. The molecule has 0 radical (unpaired) electrons. The molecular formula is C14H20N4O2S. The lowest BCUT2D eigenvalue weighted by Gasteiger charge is -2.17. The van der Waals surface area contributed by atoms with Crippen molar-refractivity contribution in [3.8, 4) is 0 Å². The average molecular weight is 308 g/mol. The molecule has 21 heavy (non-hydrogen) atoms. The number of anilines is 1. The van der Waals surface area contributed by atoms with E-state index in [1.807, 2.05) is 11.8 Å². The summed E-state index contributed by atoms with van der Waals surface area (Å²) in [5.41, 5.74) is 12.0. The van der Waals surface area contributed by atoms with E-state index in [9.17, 15) is 9.59 Å². The minimum Gasteiger partial charge on any atom is -0.389 e. The van der Waals surface area contributed by atoms with Crippen LogP contribution in [0.1, 0.15) is 18.9 Å². The van der Waals surface area contributed by atoms with E-state index < -0.39 is 5.91 Å². The van der Waals surface area contributed by atoms with Crippen LogP contribution in [0.5, 0.6) is 0 Å². The highest BCUT2D eigenvalue weighted by molar-refractivity contribution is 7.80. The fourth-order valence-electron chi connectivity index (χ4n) is 1.80. The molecule has 6 nitrogen and oxygen atoms in total. The van der Waals surface area contributed by atoms with Crippen LogP contribution in [0.4, 0.5) is 5.69 Å². The van der Waals surface area contributed by atoms with Crippen molar-refractivity contribution in [3.63, 3.8) is 0 Å². The maximum absolute atomic E-state index is 11.9. The maximum atomic E-state index is 11.9. The standard InChI is InChI=1S/C14H20N4O2S/c1-2-18(9-12(15)19)7-6-13(20)17-11-5-3-4-10(8-11)14(16)21/h3-5,8H,2,6-7,9H2,1H3,(H2,15,19)(H2,16,21)(H,17,20). The molecule has 0 saturated carbocycles. The quantitative estimate of drug-likeness (QED) is 0.606. The largest absolute Gasteiger partial charge is 0.389 e. The number of hydrogen-bond donors (Lipinski definition) is 3. The molecule has 0 saturated heterocycles. The second-order valence-electron chi connectivity index (χ2n) is 4.58. The molecule has 0 aliphatic rings. The summed E-state index contributed by atoms with van der Waals surface area (Å²) in [4.78, 5) is 24.8. The van der Waals surface area contributed by atoms with Crippen molar-refractivity contribution < 1.29 is 9.59 Å². The van der Waals surface area contributed by atoms with Crippen molar-refractivity contribution in [1.82, 2.24) is 4.90 Å². The number of carbonyl (C=O) groups excluding carboxylic acids is 2.